The number of hydrogen-bond donors (Lipinski definition) is 0. The van der Waals surface area contributed by atoms with E-state index in [1.54, 1.807) is 48.7 Å². The Morgan fingerprint density at radius 3 is 2.59 bits per heavy atom. The second-order valence-electron chi connectivity index (χ2n) is 6.98. The van der Waals surface area contributed by atoms with E-state index < -0.39 is 0 Å². The highest BCUT2D eigenvalue weighted by molar-refractivity contribution is 7.19. The standard InChI is InChI=1S/C25H23N3O3S/c1-3-30-22-14-20(11-12-21(22)31-17-18-8-7-13-26-15-18)24(29)28(2)25-27-16-23(32-25)19-9-5-4-6-10-19/h4-16H,3,17H2,1-2H3. The van der Waals surface area contributed by atoms with Crippen LogP contribution in [0.15, 0.2) is 79.3 Å². The quantitative estimate of drug-likeness (QED) is 0.360. The van der Waals surface area contributed by atoms with Crippen molar-refractivity contribution in [3.63, 3.8) is 0 Å². The summed E-state index contributed by atoms with van der Waals surface area (Å²) < 4.78 is 11.6. The van der Waals surface area contributed by atoms with Gasteiger partial charge in [-0.15, -0.1) is 0 Å². The molecule has 1 amide bonds. The number of carbonyl (C=O) groups excluding carboxylic acids is 1. The number of nitrogens with zero attached hydrogens (tertiary/aromatic N) is 3. The van der Waals surface area contributed by atoms with Crippen molar-refractivity contribution in [1.82, 2.24) is 9.97 Å². The van der Waals surface area contributed by atoms with Crippen LogP contribution in [0.2, 0.25) is 0 Å². The van der Waals surface area contributed by atoms with Crippen molar-refractivity contribution < 1.29 is 14.3 Å². The van der Waals surface area contributed by atoms with E-state index in [0.717, 1.165) is 16.0 Å². The van der Waals surface area contributed by atoms with Crippen LogP contribution in [0, 0.1) is 0 Å². The van der Waals surface area contributed by atoms with Gasteiger partial charge in [0, 0.05) is 36.8 Å². The predicted molar refractivity (Wildman–Crippen MR) is 126 cm³/mol. The number of amides is 1. The van der Waals surface area contributed by atoms with Gasteiger partial charge in [-0.3, -0.25) is 14.7 Å². The van der Waals surface area contributed by atoms with Gasteiger partial charge in [-0.2, -0.15) is 0 Å². The van der Waals surface area contributed by atoms with Gasteiger partial charge in [-0.25, -0.2) is 4.98 Å². The first kappa shape index (κ1) is 21.5. The van der Waals surface area contributed by atoms with Gasteiger partial charge in [0.1, 0.15) is 6.61 Å². The lowest BCUT2D eigenvalue weighted by Gasteiger charge is -2.16. The minimum absolute atomic E-state index is 0.168. The number of thiazole rings is 1. The van der Waals surface area contributed by atoms with Gasteiger partial charge in [0.15, 0.2) is 16.6 Å². The second-order valence-corrected chi connectivity index (χ2v) is 7.99. The zero-order chi connectivity index (χ0) is 22.3. The Balaban J connectivity index is 1.51. The molecule has 0 aliphatic carbocycles. The molecular formula is C25H23N3O3S. The molecule has 0 aliphatic rings. The van der Waals surface area contributed by atoms with Crippen LogP contribution in [0.3, 0.4) is 0 Å². The van der Waals surface area contributed by atoms with Gasteiger partial charge < -0.3 is 9.47 Å². The van der Waals surface area contributed by atoms with Gasteiger partial charge in [-0.1, -0.05) is 47.7 Å². The van der Waals surface area contributed by atoms with E-state index in [4.69, 9.17) is 9.47 Å². The van der Waals surface area contributed by atoms with Crippen molar-refractivity contribution in [3.8, 4) is 21.9 Å². The molecule has 0 fully saturated rings. The molecular weight excluding hydrogens is 422 g/mol. The third-order valence-electron chi connectivity index (χ3n) is 4.75. The van der Waals surface area contributed by atoms with Gasteiger partial charge in [0.2, 0.25) is 0 Å². The number of carbonyl (C=O) groups is 1. The Hall–Kier alpha value is -3.71. The molecule has 2 heterocycles. The summed E-state index contributed by atoms with van der Waals surface area (Å²) in [6.45, 7) is 2.72. The van der Waals surface area contributed by atoms with Gasteiger partial charge in [0.05, 0.1) is 11.5 Å². The number of aromatic nitrogens is 2. The van der Waals surface area contributed by atoms with Crippen LogP contribution in [0.5, 0.6) is 11.5 Å². The molecule has 2 aromatic heterocycles. The highest BCUT2D eigenvalue weighted by atomic mass is 32.1. The van der Waals surface area contributed by atoms with Crippen LogP contribution in [-0.4, -0.2) is 29.5 Å². The second kappa shape index (κ2) is 10.1. The summed E-state index contributed by atoms with van der Waals surface area (Å²) in [5, 5.41) is 0.628. The number of rotatable bonds is 8. The monoisotopic (exact) mass is 445 g/mol. The fourth-order valence-electron chi connectivity index (χ4n) is 3.11. The largest absolute Gasteiger partial charge is 0.490 e. The summed E-state index contributed by atoms with van der Waals surface area (Å²) in [6.07, 6.45) is 5.27. The topological polar surface area (TPSA) is 64.5 Å². The molecule has 0 unspecified atom stereocenters. The summed E-state index contributed by atoms with van der Waals surface area (Å²) in [7, 11) is 1.73. The van der Waals surface area contributed by atoms with Crippen molar-refractivity contribution >= 4 is 22.4 Å². The minimum Gasteiger partial charge on any atom is -0.490 e. The summed E-state index contributed by atoms with van der Waals surface area (Å²) >= 11 is 1.47. The van der Waals surface area contributed by atoms with Crippen LogP contribution in [0.1, 0.15) is 22.8 Å². The number of pyridine rings is 1. The van der Waals surface area contributed by atoms with Crippen LogP contribution < -0.4 is 14.4 Å². The Labute approximate surface area is 191 Å². The van der Waals surface area contributed by atoms with Crippen molar-refractivity contribution in [2.24, 2.45) is 0 Å². The van der Waals surface area contributed by atoms with Crippen LogP contribution in [0.25, 0.3) is 10.4 Å². The van der Waals surface area contributed by atoms with Crippen molar-refractivity contribution in [2.45, 2.75) is 13.5 Å². The number of hydrogen-bond acceptors (Lipinski definition) is 6. The Kier molecular flexibility index (Phi) is 6.77. The fourth-order valence-corrected chi connectivity index (χ4v) is 3.99. The van der Waals surface area contributed by atoms with E-state index in [1.165, 1.54) is 11.3 Å². The summed E-state index contributed by atoms with van der Waals surface area (Å²) in [4.78, 5) is 24.2. The molecule has 0 saturated carbocycles. The maximum absolute atomic E-state index is 13.1. The molecule has 0 saturated heterocycles. The first-order chi connectivity index (χ1) is 15.7. The van der Waals surface area contributed by atoms with Gasteiger partial charge >= 0.3 is 0 Å². The summed E-state index contributed by atoms with van der Waals surface area (Å²) in [5.74, 6) is 0.939. The molecule has 6 nitrogen and oxygen atoms in total. The van der Waals surface area contributed by atoms with E-state index >= 15 is 0 Å². The smallest absolute Gasteiger partial charge is 0.259 e. The van der Waals surface area contributed by atoms with Crippen molar-refractivity contribution in [1.29, 1.82) is 0 Å². The molecule has 7 heteroatoms. The van der Waals surface area contributed by atoms with Crippen LogP contribution in [-0.2, 0) is 6.61 Å². The molecule has 2 aromatic carbocycles. The summed E-state index contributed by atoms with van der Waals surface area (Å²) in [6, 6.07) is 19.0. The van der Waals surface area contributed by atoms with E-state index in [9.17, 15) is 4.79 Å². The van der Waals surface area contributed by atoms with E-state index in [0.29, 0.717) is 35.4 Å². The third-order valence-corrected chi connectivity index (χ3v) is 5.87. The predicted octanol–water partition coefficient (Wildman–Crippen LogP) is 5.46. The third kappa shape index (κ3) is 4.95. The average molecular weight is 446 g/mol. The number of benzene rings is 2. The highest BCUT2D eigenvalue weighted by Crippen LogP contribution is 2.33. The molecule has 0 radical (unpaired) electrons. The lowest BCUT2D eigenvalue weighted by molar-refractivity contribution is 0.0992. The SMILES string of the molecule is CCOc1cc(C(=O)N(C)c2ncc(-c3ccccc3)s2)ccc1OCc1cccnc1. The first-order valence-electron chi connectivity index (χ1n) is 10.2. The number of anilines is 1. The molecule has 0 bridgehead atoms. The van der Waals surface area contributed by atoms with Crippen LogP contribution >= 0.6 is 11.3 Å². The van der Waals surface area contributed by atoms with Crippen molar-refractivity contribution in [2.75, 3.05) is 18.6 Å². The van der Waals surface area contributed by atoms with Gasteiger partial charge in [0.25, 0.3) is 5.91 Å². The maximum Gasteiger partial charge on any atom is 0.259 e. The first-order valence-corrected chi connectivity index (χ1v) is 11.0. The minimum atomic E-state index is -0.168. The molecule has 0 atom stereocenters. The average Bonchev–Trinajstić information content (AvgIpc) is 3.34. The van der Waals surface area contributed by atoms with Crippen molar-refractivity contribution in [3.05, 3.63) is 90.4 Å². The zero-order valence-electron chi connectivity index (χ0n) is 17.9. The Bertz CT molecular complexity index is 1180. The lowest BCUT2D eigenvalue weighted by atomic mass is 10.2. The zero-order valence-corrected chi connectivity index (χ0v) is 18.7. The normalized spacial score (nSPS) is 10.6. The number of ether oxygens (including phenoxy) is 2. The summed E-state index contributed by atoms with van der Waals surface area (Å²) in [5.41, 5.74) is 2.53. The molecule has 0 N–H and O–H groups in total. The molecule has 32 heavy (non-hydrogen) atoms. The van der Waals surface area contributed by atoms with E-state index in [2.05, 4.69) is 9.97 Å². The molecule has 0 spiro atoms. The maximum atomic E-state index is 13.1. The lowest BCUT2D eigenvalue weighted by Crippen LogP contribution is -2.26. The molecule has 162 valence electrons. The van der Waals surface area contributed by atoms with Crippen LogP contribution in [0.4, 0.5) is 5.13 Å². The molecule has 0 aliphatic heterocycles. The highest BCUT2D eigenvalue weighted by Gasteiger charge is 2.19. The van der Waals surface area contributed by atoms with E-state index in [1.807, 2.05) is 49.4 Å². The fraction of sp³-hybridized carbons (Fsp3) is 0.160. The molecule has 4 rings (SSSR count). The molecule has 4 aromatic rings. The Morgan fingerprint density at radius 1 is 1.00 bits per heavy atom. The Morgan fingerprint density at radius 2 is 1.84 bits per heavy atom. The van der Waals surface area contributed by atoms with E-state index in [-0.39, 0.29) is 5.91 Å². The van der Waals surface area contributed by atoms with Gasteiger partial charge in [-0.05, 0) is 36.8 Å².